The Bertz CT molecular complexity index is 311. The van der Waals surface area contributed by atoms with Crippen LogP contribution in [0.25, 0.3) is 0 Å². The first-order chi connectivity index (χ1) is 8.69. The molecule has 0 bridgehead atoms. The maximum atomic E-state index is 4.08. The Balaban J connectivity index is 2.66. The van der Waals surface area contributed by atoms with Crippen molar-refractivity contribution in [2.45, 2.75) is 40.3 Å². The van der Waals surface area contributed by atoms with Crippen LogP contribution in [0.5, 0.6) is 0 Å². The van der Waals surface area contributed by atoms with Crippen molar-refractivity contribution < 1.29 is 0 Å². The summed E-state index contributed by atoms with van der Waals surface area (Å²) in [5.74, 6) is 0.658. The van der Waals surface area contributed by atoms with Crippen molar-refractivity contribution in [3.05, 3.63) is 30.1 Å². The van der Waals surface area contributed by atoms with E-state index in [4.69, 9.17) is 0 Å². The minimum Gasteiger partial charge on any atom is -0.315 e. The normalized spacial score (nSPS) is 13.2. The smallest absolute Gasteiger partial charge is 0.0271 e. The molecule has 0 aromatic carbocycles. The van der Waals surface area contributed by atoms with Gasteiger partial charge in [-0.25, -0.2) is 0 Å². The predicted octanol–water partition coefficient (Wildman–Crippen LogP) is 2.54. The molecule has 3 heteroatoms. The summed E-state index contributed by atoms with van der Waals surface area (Å²) in [5, 5.41) is 3.48. The van der Waals surface area contributed by atoms with Crippen molar-refractivity contribution in [3.63, 3.8) is 0 Å². The fourth-order valence-electron chi connectivity index (χ4n) is 2.26. The van der Waals surface area contributed by atoms with Gasteiger partial charge in [0.05, 0.1) is 0 Å². The molecule has 0 aliphatic rings. The van der Waals surface area contributed by atoms with E-state index in [1.165, 1.54) is 5.56 Å². The lowest BCUT2D eigenvalue weighted by Crippen LogP contribution is -2.45. The number of nitrogens with zero attached hydrogens (tertiary/aromatic N) is 2. The van der Waals surface area contributed by atoms with E-state index >= 15 is 0 Å². The second-order valence-corrected chi connectivity index (χ2v) is 5.04. The molecule has 1 rings (SSSR count). The molecule has 0 fully saturated rings. The number of aromatic nitrogens is 1. The van der Waals surface area contributed by atoms with Crippen LogP contribution in [0.15, 0.2) is 24.5 Å². The highest BCUT2D eigenvalue weighted by Crippen LogP contribution is 2.13. The number of rotatable bonds is 8. The van der Waals surface area contributed by atoms with Gasteiger partial charge in [-0.2, -0.15) is 0 Å². The first-order valence-corrected chi connectivity index (χ1v) is 7.02. The van der Waals surface area contributed by atoms with E-state index in [0.29, 0.717) is 12.0 Å². The van der Waals surface area contributed by atoms with E-state index in [0.717, 1.165) is 26.2 Å². The fraction of sp³-hybridized carbons (Fsp3) is 0.667. The molecule has 1 aromatic rings. The number of pyridine rings is 1. The van der Waals surface area contributed by atoms with Crippen molar-refractivity contribution in [3.8, 4) is 0 Å². The summed E-state index contributed by atoms with van der Waals surface area (Å²) < 4.78 is 0. The van der Waals surface area contributed by atoms with Gasteiger partial charge in [0.25, 0.3) is 0 Å². The summed E-state index contributed by atoms with van der Waals surface area (Å²) in [6.07, 6.45) is 3.75. The van der Waals surface area contributed by atoms with Gasteiger partial charge >= 0.3 is 0 Å². The van der Waals surface area contributed by atoms with Gasteiger partial charge in [-0.3, -0.25) is 9.88 Å². The Hall–Kier alpha value is -0.930. The zero-order valence-corrected chi connectivity index (χ0v) is 12.2. The Morgan fingerprint density at radius 1 is 1.22 bits per heavy atom. The monoisotopic (exact) mass is 249 g/mol. The molecule has 0 saturated heterocycles. The van der Waals surface area contributed by atoms with Gasteiger partial charge in [-0.1, -0.05) is 27.7 Å². The zero-order chi connectivity index (χ0) is 13.4. The van der Waals surface area contributed by atoms with E-state index in [-0.39, 0.29) is 0 Å². The Morgan fingerprint density at radius 3 is 2.39 bits per heavy atom. The minimum absolute atomic E-state index is 0.586. The molecule has 1 heterocycles. The highest BCUT2D eigenvalue weighted by molar-refractivity contribution is 5.09. The molecule has 0 spiro atoms. The van der Waals surface area contributed by atoms with Crippen LogP contribution in [0.2, 0.25) is 0 Å². The fourth-order valence-corrected chi connectivity index (χ4v) is 2.26. The molecule has 1 atom stereocenters. The lowest BCUT2D eigenvalue weighted by molar-refractivity contribution is 0.151. The molecule has 3 nitrogen and oxygen atoms in total. The summed E-state index contributed by atoms with van der Waals surface area (Å²) in [7, 11) is 0. The highest BCUT2D eigenvalue weighted by Gasteiger charge is 2.20. The average molecular weight is 249 g/mol. The number of nitrogens with one attached hydrogen (secondary N) is 1. The lowest BCUT2D eigenvalue weighted by Gasteiger charge is -2.34. The Labute approximate surface area is 112 Å². The molecular weight excluding hydrogens is 222 g/mol. The van der Waals surface area contributed by atoms with Crippen molar-refractivity contribution in [2.24, 2.45) is 5.92 Å². The van der Waals surface area contributed by atoms with Crippen LogP contribution in [0.4, 0.5) is 0 Å². The Morgan fingerprint density at radius 2 is 1.89 bits per heavy atom. The van der Waals surface area contributed by atoms with E-state index in [9.17, 15) is 0 Å². The average Bonchev–Trinajstić information content (AvgIpc) is 2.38. The highest BCUT2D eigenvalue weighted by atomic mass is 15.2. The maximum Gasteiger partial charge on any atom is 0.0271 e. The van der Waals surface area contributed by atoms with Gasteiger partial charge in [0.15, 0.2) is 0 Å². The van der Waals surface area contributed by atoms with Gasteiger partial charge in [-0.05, 0) is 36.7 Å². The first-order valence-electron chi connectivity index (χ1n) is 7.02. The van der Waals surface area contributed by atoms with Crippen LogP contribution in [-0.2, 0) is 6.54 Å². The summed E-state index contributed by atoms with van der Waals surface area (Å²) in [4.78, 5) is 6.62. The molecule has 0 amide bonds. The van der Waals surface area contributed by atoms with Crippen LogP contribution in [0.3, 0.4) is 0 Å². The van der Waals surface area contributed by atoms with Crippen LogP contribution in [0, 0.1) is 5.92 Å². The van der Waals surface area contributed by atoms with Gasteiger partial charge in [0.2, 0.25) is 0 Å². The first kappa shape index (κ1) is 15.1. The molecule has 1 aromatic heterocycles. The lowest BCUT2D eigenvalue weighted by atomic mass is 10.0. The molecule has 0 radical (unpaired) electrons. The van der Waals surface area contributed by atoms with Gasteiger partial charge in [0, 0.05) is 31.5 Å². The van der Waals surface area contributed by atoms with Crippen molar-refractivity contribution in [1.82, 2.24) is 15.2 Å². The molecular formula is C15H27N3. The summed E-state index contributed by atoms with van der Waals surface area (Å²) in [5.41, 5.74) is 1.34. The standard InChI is InChI=1S/C15H27N3/c1-5-16-11-15(13(3)4)18(6-2)12-14-7-9-17-10-8-14/h7-10,13,15-16H,5-6,11-12H2,1-4H3. The molecule has 1 unspecified atom stereocenters. The SMILES string of the molecule is CCNCC(C(C)C)N(CC)Cc1ccncc1. The zero-order valence-electron chi connectivity index (χ0n) is 12.2. The second kappa shape index (κ2) is 8.22. The topological polar surface area (TPSA) is 28.2 Å². The summed E-state index contributed by atoms with van der Waals surface area (Å²) in [6.45, 7) is 13.2. The van der Waals surface area contributed by atoms with Crippen LogP contribution < -0.4 is 5.32 Å². The van der Waals surface area contributed by atoms with Gasteiger partial charge < -0.3 is 5.32 Å². The van der Waals surface area contributed by atoms with Crippen molar-refractivity contribution in [2.75, 3.05) is 19.6 Å². The third-order valence-electron chi connectivity index (χ3n) is 3.38. The van der Waals surface area contributed by atoms with Crippen LogP contribution >= 0.6 is 0 Å². The number of likely N-dealkylation sites (N-methyl/N-ethyl adjacent to an activating group) is 2. The summed E-state index contributed by atoms with van der Waals surface area (Å²) >= 11 is 0. The predicted molar refractivity (Wildman–Crippen MR) is 77.5 cm³/mol. The quantitative estimate of drug-likeness (QED) is 0.767. The van der Waals surface area contributed by atoms with Crippen LogP contribution in [0.1, 0.15) is 33.3 Å². The van der Waals surface area contributed by atoms with Gasteiger partial charge in [0.1, 0.15) is 0 Å². The van der Waals surface area contributed by atoms with E-state index in [2.05, 4.69) is 55.0 Å². The maximum absolute atomic E-state index is 4.08. The molecule has 0 saturated carbocycles. The van der Waals surface area contributed by atoms with E-state index < -0.39 is 0 Å². The molecule has 0 aliphatic heterocycles. The van der Waals surface area contributed by atoms with Crippen molar-refractivity contribution >= 4 is 0 Å². The number of hydrogen-bond donors (Lipinski definition) is 1. The van der Waals surface area contributed by atoms with Crippen LogP contribution in [-0.4, -0.2) is 35.6 Å². The van der Waals surface area contributed by atoms with Crippen molar-refractivity contribution in [1.29, 1.82) is 0 Å². The molecule has 18 heavy (non-hydrogen) atoms. The summed E-state index contributed by atoms with van der Waals surface area (Å²) in [6, 6.07) is 4.80. The molecule has 102 valence electrons. The van der Waals surface area contributed by atoms with E-state index in [1.54, 1.807) is 0 Å². The minimum atomic E-state index is 0.586. The molecule has 0 aliphatic carbocycles. The molecule has 1 N–H and O–H groups in total. The Kier molecular flexibility index (Phi) is 6.91. The third-order valence-corrected chi connectivity index (χ3v) is 3.38. The number of hydrogen-bond acceptors (Lipinski definition) is 3. The third kappa shape index (κ3) is 4.75. The second-order valence-electron chi connectivity index (χ2n) is 5.04. The van der Waals surface area contributed by atoms with Gasteiger partial charge in [-0.15, -0.1) is 0 Å². The largest absolute Gasteiger partial charge is 0.315 e. The van der Waals surface area contributed by atoms with E-state index in [1.807, 2.05) is 12.4 Å².